The zero-order valence-electron chi connectivity index (χ0n) is 15.4. The Labute approximate surface area is 159 Å². The van der Waals surface area contributed by atoms with E-state index in [1.54, 1.807) is 6.20 Å². The summed E-state index contributed by atoms with van der Waals surface area (Å²) in [6.45, 7) is 4.00. The van der Waals surface area contributed by atoms with E-state index in [2.05, 4.69) is 9.71 Å². The second-order valence-corrected chi connectivity index (χ2v) is 6.95. The van der Waals surface area contributed by atoms with E-state index in [4.69, 9.17) is 0 Å². The van der Waals surface area contributed by atoms with Crippen LogP contribution in [-0.2, 0) is 17.4 Å². The number of aromatic amines is 1. The third-order valence-electron chi connectivity index (χ3n) is 4.00. The second-order valence-electron chi connectivity index (χ2n) is 5.81. The number of halogens is 3. The van der Waals surface area contributed by atoms with Crippen LogP contribution in [0.2, 0.25) is 0 Å². The molecule has 3 aromatic rings. The fraction of sp³-hybridized carbons (Fsp3) is 0.300. The largest absolute Gasteiger partial charge is 0.405 e. The summed E-state index contributed by atoms with van der Waals surface area (Å²) in [6, 6.07) is 13.5. The van der Waals surface area contributed by atoms with Crippen LogP contribution in [0.15, 0.2) is 54.7 Å². The molecule has 0 amide bonds. The van der Waals surface area contributed by atoms with Crippen molar-refractivity contribution in [3.63, 3.8) is 0 Å². The van der Waals surface area contributed by atoms with Crippen LogP contribution < -0.4 is 4.72 Å². The summed E-state index contributed by atoms with van der Waals surface area (Å²) in [7, 11) is -1.75. The summed E-state index contributed by atoms with van der Waals surface area (Å²) >= 11 is 0. The molecular weight excluding hydrogens is 373 g/mol. The Kier molecular flexibility index (Phi) is 7.21. The number of H-pyrrole nitrogens is 1. The Morgan fingerprint density at radius 2 is 1.74 bits per heavy atom. The fourth-order valence-electron chi connectivity index (χ4n) is 2.81. The molecule has 0 spiro atoms. The van der Waals surface area contributed by atoms with Crippen molar-refractivity contribution >= 4 is 21.9 Å². The summed E-state index contributed by atoms with van der Waals surface area (Å²) in [5.74, 6) is 0. The van der Waals surface area contributed by atoms with Crippen LogP contribution >= 0.6 is 0 Å². The van der Waals surface area contributed by atoms with Crippen LogP contribution in [0.5, 0.6) is 0 Å². The molecule has 0 aliphatic carbocycles. The summed E-state index contributed by atoms with van der Waals surface area (Å²) in [5, 5.41) is 0.734. The van der Waals surface area contributed by atoms with Crippen molar-refractivity contribution in [2.75, 3.05) is 6.26 Å². The van der Waals surface area contributed by atoms with Gasteiger partial charge in [-0.3, -0.25) is 0 Å². The molecule has 3 rings (SSSR count). The molecule has 2 unspecified atom stereocenters. The molecule has 2 atom stereocenters. The van der Waals surface area contributed by atoms with E-state index >= 15 is 0 Å². The third-order valence-corrected chi connectivity index (χ3v) is 4.62. The molecule has 0 fully saturated rings. The van der Waals surface area contributed by atoms with Gasteiger partial charge < -0.3 is 4.98 Å². The van der Waals surface area contributed by atoms with Crippen LogP contribution in [0.25, 0.3) is 22.0 Å². The molecule has 0 saturated heterocycles. The van der Waals surface area contributed by atoms with Gasteiger partial charge in [0, 0.05) is 23.4 Å². The quantitative estimate of drug-likeness (QED) is 0.610. The highest BCUT2D eigenvalue weighted by Crippen LogP contribution is 2.29. The fourth-order valence-corrected chi connectivity index (χ4v) is 3.43. The van der Waals surface area contributed by atoms with Gasteiger partial charge in [-0.1, -0.05) is 56.3 Å². The molecule has 0 aliphatic heterocycles. The van der Waals surface area contributed by atoms with Crippen LogP contribution in [0, 0.1) is 0 Å². The average Bonchev–Trinajstić information content (AvgIpc) is 3.05. The van der Waals surface area contributed by atoms with Crippen molar-refractivity contribution < 1.29 is 17.4 Å². The zero-order valence-corrected chi connectivity index (χ0v) is 16.2. The van der Waals surface area contributed by atoms with Crippen molar-refractivity contribution in [3.05, 3.63) is 60.3 Å². The molecule has 27 heavy (non-hydrogen) atoms. The highest BCUT2D eigenvalue weighted by molar-refractivity contribution is 7.82. The molecule has 2 N–H and O–H groups in total. The Morgan fingerprint density at radius 3 is 2.33 bits per heavy atom. The van der Waals surface area contributed by atoms with Gasteiger partial charge >= 0.3 is 6.18 Å². The Hall–Kier alpha value is -2.12. The first kappa shape index (κ1) is 21.2. The number of hydrogen-bond donors (Lipinski definition) is 2. The maximum atomic E-state index is 13.2. The SMILES string of the molecule is CC.CS(=O)NC(Cc1c[nH]c2cc(-c3ccccc3)ccc12)C(F)(F)F. The van der Waals surface area contributed by atoms with Crippen molar-refractivity contribution in [1.29, 1.82) is 0 Å². The predicted molar refractivity (Wildman–Crippen MR) is 106 cm³/mol. The Morgan fingerprint density at radius 1 is 1.07 bits per heavy atom. The lowest BCUT2D eigenvalue weighted by atomic mass is 10.0. The second kappa shape index (κ2) is 9.19. The minimum absolute atomic E-state index is 0.284. The zero-order chi connectivity index (χ0) is 20.0. The molecule has 1 aromatic heterocycles. The van der Waals surface area contributed by atoms with Gasteiger partial charge in [-0.2, -0.15) is 13.2 Å². The van der Waals surface area contributed by atoms with E-state index in [-0.39, 0.29) is 6.42 Å². The van der Waals surface area contributed by atoms with Crippen LogP contribution in [0.4, 0.5) is 13.2 Å². The maximum absolute atomic E-state index is 13.2. The number of rotatable bonds is 5. The number of nitrogens with one attached hydrogen (secondary N) is 2. The lowest BCUT2D eigenvalue weighted by Crippen LogP contribution is -2.44. The van der Waals surface area contributed by atoms with Crippen molar-refractivity contribution in [1.82, 2.24) is 9.71 Å². The van der Waals surface area contributed by atoms with Crippen LogP contribution in [0.3, 0.4) is 0 Å². The van der Waals surface area contributed by atoms with Gasteiger partial charge in [0.15, 0.2) is 0 Å². The molecule has 146 valence electrons. The molecule has 0 aliphatic rings. The minimum atomic E-state index is -4.47. The van der Waals surface area contributed by atoms with Crippen molar-refractivity contribution in [2.45, 2.75) is 32.5 Å². The van der Waals surface area contributed by atoms with Gasteiger partial charge in [-0.15, -0.1) is 0 Å². The predicted octanol–water partition coefficient (Wildman–Crippen LogP) is 5.22. The summed E-state index contributed by atoms with van der Waals surface area (Å²) in [4.78, 5) is 3.04. The Balaban J connectivity index is 0.00000126. The lowest BCUT2D eigenvalue weighted by molar-refractivity contribution is -0.150. The topological polar surface area (TPSA) is 44.9 Å². The maximum Gasteiger partial charge on any atom is 0.405 e. The first-order valence-corrected chi connectivity index (χ1v) is 10.2. The lowest BCUT2D eigenvalue weighted by Gasteiger charge is -2.20. The number of fused-ring (bicyclic) bond motifs is 1. The minimum Gasteiger partial charge on any atom is -0.361 e. The van der Waals surface area contributed by atoms with E-state index in [1.165, 1.54) is 6.26 Å². The smallest absolute Gasteiger partial charge is 0.361 e. The van der Waals surface area contributed by atoms with Crippen molar-refractivity contribution in [3.8, 4) is 11.1 Å². The molecule has 0 saturated carbocycles. The highest BCUT2D eigenvalue weighted by atomic mass is 32.2. The van der Waals surface area contributed by atoms with Crippen LogP contribution in [-0.4, -0.2) is 27.7 Å². The third kappa shape index (κ3) is 5.43. The number of benzene rings is 2. The first-order chi connectivity index (χ1) is 12.8. The van der Waals surface area contributed by atoms with E-state index in [1.807, 2.05) is 62.4 Å². The van der Waals surface area contributed by atoms with Gasteiger partial charge in [0.1, 0.15) is 6.04 Å². The average molecular weight is 396 g/mol. The molecule has 0 bridgehead atoms. The number of aromatic nitrogens is 1. The number of hydrogen-bond acceptors (Lipinski definition) is 1. The summed E-state index contributed by atoms with van der Waals surface area (Å²) in [5.41, 5.74) is 3.34. The monoisotopic (exact) mass is 396 g/mol. The van der Waals surface area contributed by atoms with Crippen LogP contribution in [0.1, 0.15) is 19.4 Å². The molecule has 2 aromatic carbocycles. The van der Waals surface area contributed by atoms with Gasteiger partial charge in [0.05, 0.1) is 11.0 Å². The number of alkyl halides is 3. The molecule has 7 heteroatoms. The molecule has 3 nitrogen and oxygen atoms in total. The molecule has 0 radical (unpaired) electrons. The van der Waals surface area contributed by atoms with Gasteiger partial charge in [0.2, 0.25) is 0 Å². The van der Waals surface area contributed by atoms with E-state index in [0.29, 0.717) is 5.56 Å². The van der Waals surface area contributed by atoms with E-state index in [9.17, 15) is 17.4 Å². The normalized spacial score (nSPS) is 13.7. The first-order valence-electron chi connectivity index (χ1n) is 8.66. The van der Waals surface area contributed by atoms with Gasteiger partial charge in [-0.05, 0) is 29.2 Å². The van der Waals surface area contributed by atoms with Gasteiger partial charge in [-0.25, -0.2) is 8.93 Å². The highest BCUT2D eigenvalue weighted by Gasteiger charge is 2.40. The Bertz CT molecular complexity index is 891. The standard InChI is InChI=1S/C18H17F3N2OS.C2H6/c1-25(24)23-17(18(19,20)21)10-14-11-22-16-9-13(7-8-15(14)16)12-5-3-2-4-6-12;1-2/h2-9,11,17,22-23H,10H2,1H3;1-2H3. The summed E-state index contributed by atoms with van der Waals surface area (Å²) in [6.07, 6.45) is -1.98. The molecule has 1 heterocycles. The summed E-state index contributed by atoms with van der Waals surface area (Å²) < 4.78 is 52.7. The molecular formula is C20H23F3N2OS. The van der Waals surface area contributed by atoms with E-state index in [0.717, 1.165) is 22.0 Å². The van der Waals surface area contributed by atoms with Crippen molar-refractivity contribution in [2.24, 2.45) is 0 Å². The van der Waals surface area contributed by atoms with E-state index < -0.39 is 23.2 Å². The van der Waals surface area contributed by atoms with Gasteiger partial charge in [0.25, 0.3) is 0 Å².